The van der Waals surface area contributed by atoms with E-state index in [-0.39, 0.29) is 12.5 Å². The van der Waals surface area contributed by atoms with E-state index in [0.717, 1.165) is 86.6 Å². The van der Waals surface area contributed by atoms with E-state index in [4.69, 9.17) is 10.1 Å². The number of piperazine rings is 1. The summed E-state index contributed by atoms with van der Waals surface area (Å²) in [5.74, 6) is 0.990. The van der Waals surface area contributed by atoms with E-state index in [9.17, 15) is 4.79 Å². The fraction of sp³-hybridized carbons (Fsp3) is 0.583. The Hall–Kier alpha value is -2.26. The van der Waals surface area contributed by atoms with Crippen molar-refractivity contribution in [3.8, 4) is 0 Å². The van der Waals surface area contributed by atoms with Crippen LogP contribution in [0.1, 0.15) is 18.4 Å². The maximum Gasteiger partial charge on any atom is 0.238 e. The Bertz CT molecular complexity index is 920. The molecule has 2 saturated heterocycles. The Labute approximate surface area is 190 Å². The van der Waals surface area contributed by atoms with Crippen molar-refractivity contribution in [2.75, 3.05) is 76.2 Å². The summed E-state index contributed by atoms with van der Waals surface area (Å²) in [6.07, 6.45) is 2.17. The van der Waals surface area contributed by atoms with Gasteiger partial charge in [0.1, 0.15) is 5.82 Å². The van der Waals surface area contributed by atoms with Crippen molar-refractivity contribution in [2.24, 2.45) is 0 Å². The summed E-state index contributed by atoms with van der Waals surface area (Å²) in [7, 11) is 2.14. The van der Waals surface area contributed by atoms with Crippen LogP contribution < -0.4 is 15.5 Å². The molecule has 4 rings (SSSR count). The number of rotatable bonds is 7. The number of anilines is 2. The Kier molecular flexibility index (Phi) is 7.57. The number of pyridine rings is 1. The predicted molar refractivity (Wildman–Crippen MR) is 129 cm³/mol. The minimum Gasteiger partial charge on any atom is -0.395 e. The number of aryl methyl sites for hydroxylation is 1. The number of amides is 1. The molecule has 174 valence electrons. The Morgan fingerprint density at radius 2 is 1.88 bits per heavy atom. The molecule has 32 heavy (non-hydrogen) atoms. The van der Waals surface area contributed by atoms with Crippen LogP contribution in [-0.4, -0.2) is 97.9 Å². The summed E-state index contributed by atoms with van der Waals surface area (Å²) in [4.78, 5) is 24.2. The number of nitrogens with zero attached hydrogens (tertiary/aromatic N) is 4. The number of aromatic nitrogens is 1. The number of aliphatic hydroxyl groups is 1. The normalized spacial score (nSPS) is 18.9. The highest BCUT2D eigenvalue weighted by molar-refractivity contribution is 5.95. The number of carbonyl (C=O) groups is 1. The zero-order chi connectivity index (χ0) is 22.5. The number of nitrogens with one attached hydrogen (secondary N) is 2. The van der Waals surface area contributed by atoms with E-state index in [1.165, 1.54) is 0 Å². The molecule has 0 atom stereocenters. The molecule has 2 fully saturated rings. The first-order valence-corrected chi connectivity index (χ1v) is 11.7. The van der Waals surface area contributed by atoms with Crippen LogP contribution in [0.5, 0.6) is 0 Å². The van der Waals surface area contributed by atoms with Gasteiger partial charge in [0.2, 0.25) is 5.91 Å². The molecule has 1 amide bonds. The highest BCUT2D eigenvalue weighted by Gasteiger charge is 2.19. The van der Waals surface area contributed by atoms with Gasteiger partial charge in [-0.3, -0.25) is 9.69 Å². The topological polar surface area (TPSA) is 84.0 Å². The fourth-order valence-corrected chi connectivity index (χ4v) is 4.61. The molecule has 2 aliphatic rings. The van der Waals surface area contributed by atoms with Crippen molar-refractivity contribution in [1.29, 1.82) is 0 Å². The van der Waals surface area contributed by atoms with Crippen molar-refractivity contribution >= 4 is 28.3 Å². The summed E-state index contributed by atoms with van der Waals surface area (Å²) >= 11 is 0. The van der Waals surface area contributed by atoms with Crippen LogP contribution in [0.3, 0.4) is 0 Å². The molecule has 2 aromatic rings. The monoisotopic (exact) mass is 440 g/mol. The molecule has 2 aliphatic heterocycles. The highest BCUT2D eigenvalue weighted by atomic mass is 16.3. The molecule has 0 bridgehead atoms. The quantitative estimate of drug-likeness (QED) is 0.598. The van der Waals surface area contributed by atoms with Crippen LogP contribution in [-0.2, 0) is 4.79 Å². The number of carbonyl (C=O) groups excluding carboxylic acids is 1. The molecule has 8 heteroatoms. The van der Waals surface area contributed by atoms with Gasteiger partial charge >= 0.3 is 0 Å². The molecule has 0 spiro atoms. The molecule has 3 heterocycles. The second-order valence-electron chi connectivity index (χ2n) is 9.09. The van der Waals surface area contributed by atoms with E-state index in [2.05, 4.69) is 45.4 Å². The average molecular weight is 441 g/mol. The number of β-amino-alcohol motifs (C(OH)–C–C–N with tert-alkyl or cyclic N) is 1. The molecular weight excluding hydrogens is 404 g/mol. The lowest BCUT2D eigenvalue weighted by Crippen LogP contribution is -2.47. The second-order valence-corrected chi connectivity index (χ2v) is 9.09. The molecule has 1 aromatic carbocycles. The maximum atomic E-state index is 12.4. The van der Waals surface area contributed by atoms with Crippen LogP contribution in [0.15, 0.2) is 24.3 Å². The van der Waals surface area contributed by atoms with Gasteiger partial charge in [0.05, 0.1) is 18.7 Å². The lowest BCUT2D eigenvalue weighted by Gasteiger charge is -2.35. The lowest BCUT2D eigenvalue weighted by molar-refractivity contribution is -0.115. The van der Waals surface area contributed by atoms with E-state index in [1.54, 1.807) is 0 Å². The van der Waals surface area contributed by atoms with Crippen LogP contribution in [0.25, 0.3) is 10.9 Å². The standard InChI is InChI=1S/C24H36N6O2/c1-18-15-23(30-11-9-29(10-12-30)13-14-31)27-22-4-3-20(16-21(18)22)26-24(32)17-25-19-5-7-28(2)8-6-19/h3-4,15-16,19,25,31H,5-14,17H2,1-2H3,(H,26,32). The van der Waals surface area contributed by atoms with Crippen molar-refractivity contribution in [1.82, 2.24) is 20.1 Å². The van der Waals surface area contributed by atoms with Gasteiger partial charge < -0.3 is 25.5 Å². The van der Waals surface area contributed by atoms with Gasteiger partial charge in [-0.25, -0.2) is 4.98 Å². The third-order valence-electron chi connectivity index (χ3n) is 6.67. The van der Waals surface area contributed by atoms with Crippen molar-refractivity contribution in [2.45, 2.75) is 25.8 Å². The molecule has 0 unspecified atom stereocenters. The van der Waals surface area contributed by atoms with Crippen molar-refractivity contribution in [3.05, 3.63) is 29.8 Å². The summed E-state index contributed by atoms with van der Waals surface area (Å²) < 4.78 is 0. The highest BCUT2D eigenvalue weighted by Crippen LogP contribution is 2.26. The number of hydrogen-bond acceptors (Lipinski definition) is 7. The summed E-state index contributed by atoms with van der Waals surface area (Å²) in [5.41, 5.74) is 2.91. The largest absolute Gasteiger partial charge is 0.395 e. The van der Waals surface area contributed by atoms with E-state index >= 15 is 0 Å². The number of benzene rings is 1. The summed E-state index contributed by atoms with van der Waals surface area (Å²) in [6.45, 7) is 9.25. The second kappa shape index (κ2) is 10.6. The summed E-state index contributed by atoms with van der Waals surface area (Å²) in [5, 5.41) is 16.6. The first kappa shape index (κ1) is 22.9. The first-order chi connectivity index (χ1) is 15.5. The van der Waals surface area contributed by atoms with E-state index < -0.39 is 0 Å². The SMILES string of the molecule is Cc1cc(N2CCN(CCO)CC2)nc2ccc(NC(=O)CNC3CCN(C)CC3)cc12. The van der Waals surface area contributed by atoms with Crippen LogP contribution in [0, 0.1) is 6.92 Å². The van der Waals surface area contributed by atoms with Gasteiger partial charge in [0.25, 0.3) is 0 Å². The van der Waals surface area contributed by atoms with Gasteiger partial charge in [-0.05, 0) is 69.7 Å². The lowest BCUT2D eigenvalue weighted by atomic mass is 10.1. The van der Waals surface area contributed by atoms with E-state index in [1.807, 2.05) is 18.2 Å². The van der Waals surface area contributed by atoms with Gasteiger partial charge in [0, 0.05) is 49.8 Å². The Morgan fingerprint density at radius 1 is 1.12 bits per heavy atom. The van der Waals surface area contributed by atoms with Crippen LogP contribution in [0.2, 0.25) is 0 Å². The first-order valence-electron chi connectivity index (χ1n) is 11.7. The van der Waals surface area contributed by atoms with Gasteiger partial charge in [-0.15, -0.1) is 0 Å². The van der Waals surface area contributed by atoms with Crippen molar-refractivity contribution in [3.63, 3.8) is 0 Å². The fourth-order valence-electron chi connectivity index (χ4n) is 4.61. The third-order valence-corrected chi connectivity index (χ3v) is 6.67. The molecular formula is C24H36N6O2. The van der Waals surface area contributed by atoms with Crippen LogP contribution in [0.4, 0.5) is 11.5 Å². The zero-order valence-electron chi connectivity index (χ0n) is 19.3. The smallest absolute Gasteiger partial charge is 0.238 e. The minimum atomic E-state index is -0.00809. The molecule has 0 radical (unpaired) electrons. The number of fused-ring (bicyclic) bond motifs is 1. The minimum absolute atomic E-state index is 0.00809. The number of piperidine rings is 1. The number of aliphatic hydroxyl groups excluding tert-OH is 1. The molecule has 3 N–H and O–H groups in total. The van der Waals surface area contributed by atoms with Gasteiger partial charge in [-0.2, -0.15) is 0 Å². The van der Waals surface area contributed by atoms with Gasteiger partial charge in [0.15, 0.2) is 0 Å². The molecule has 0 aliphatic carbocycles. The Morgan fingerprint density at radius 3 is 2.59 bits per heavy atom. The zero-order valence-corrected chi connectivity index (χ0v) is 19.3. The van der Waals surface area contributed by atoms with Crippen molar-refractivity contribution < 1.29 is 9.90 Å². The average Bonchev–Trinajstić information content (AvgIpc) is 2.80. The molecule has 8 nitrogen and oxygen atoms in total. The molecule has 0 saturated carbocycles. The predicted octanol–water partition coefficient (Wildman–Crippen LogP) is 1.28. The van der Waals surface area contributed by atoms with Gasteiger partial charge in [-0.1, -0.05) is 0 Å². The molecule has 1 aromatic heterocycles. The Balaban J connectivity index is 1.36. The van der Waals surface area contributed by atoms with Crippen LogP contribution >= 0.6 is 0 Å². The number of likely N-dealkylation sites (tertiary alicyclic amines) is 1. The number of hydrogen-bond donors (Lipinski definition) is 3. The van der Waals surface area contributed by atoms with E-state index in [0.29, 0.717) is 12.6 Å². The summed E-state index contributed by atoms with van der Waals surface area (Å²) in [6, 6.07) is 8.51. The maximum absolute atomic E-state index is 12.4. The third kappa shape index (κ3) is 5.75.